The molecule has 0 aliphatic carbocycles. The molecule has 0 bridgehead atoms. The smallest absolute Gasteiger partial charge is 0.408 e. The van der Waals surface area contributed by atoms with E-state index in [9.17, 15) is 24.3 Å². The van der Waals surface area contributed by atoms with Gasteiger partial charge in [-0.15, -0.1) is 0 Å². The fourth-order valence-corrected chi connectivity index (χ4v) is 3.56. The number of aldehydes is 1. The number of aliphatic hydroxyl groups excluding tert-OH is 1. The molecular formula is C28H37N3O6. The average Bonchev–Trinajstić information content (AvgIpc) is 2.89. The molecule has 37 heavy (non-hydrogen) atoms. The van der Waals surface area contributed by atoms with E-state index in [0.717, 1.165) is 11.1 Å². The first-order valence-corrected chi connectivity index (χ1v) is 12.4. The Bertz CT molecular complexity index is 999. The Morgan fingerprint density at radius 3 is 2.05 bits per heavy atom. The van der Waals surface area contributed by atoms with Gasteiger partial charge >= 0.3 is 6.09 Å². The van der Waals surface area contributed by atoms with Gasteiger partial charge in [0.25, 0.3) is 0 Å². The Kier molecular flexibility index (Phi) is 12.3. The Morgan fingerprint density at radius 2 is 1.49 bits per heavy atom. The lowest BCUT2D eigenvalue weighted by Crippen LogP contribution is -2.52. The summed E-state index contributed by atoms with van der Waals surface area (Å²) >= 11 is 0. The standard InChI is InChI=1S/C28H37N3O6/c1-19(2)24(17-32)30-26(34)15-14-25(33)23(16-21-10-6-4-7-11-21)31-27(35)20(3)29-28(36)37-18-22-12-8-5-9-13-22/h4-13,17,19-20,23-25,33H,14-16,18H2,1-3H3,(H,29,36)(H,30,34)(H,31,35)/t20?,23-,24?,25-/m0/s1. The molecule has 2 aromatic carbocycles. The van der Waals surface area contributed by atoms with Crippen LogP contribution in [0, 0.1) is 5.92 Å². The van der Waals surface area contributed by atoms with Gasteiger partial charge in [0.2, 0.25) is 11.8 Å². The quantitative estimate of drug-likeness (QED) is 0.288. The van der Waals surface area contributed by atoms with Gasteiger partial charge < -0.3 is 30.6 Å². The van der Waals surface area contributed by atoms with Crippen molar-refractivity contribution in [1.82, 2.24) is 16.0 Å². The number of nitrogens with one attached hydrogen (secondary N) is 3. The number of alkyl carbamates (subject to hydrolysis) is 1. The highest BCUT2D eigenvalue weighted by molar-refractivity contribution is 5.85. The number of rotatable bonds is 14. The maximum absolute atomic E-state index is 12.8. The molecule has 0 radical (unpaired) electrons. The zero-order chi connectivity index (χ0) is 27.2. The molecule has 0 fully saturated rings. The number of hydrogen-bond donors (Lipinski definition) is 4. The van der Waals surface area contributed by atoms with Gasteiger partial charge in [-0.25, -0.2) is 4.79 Å². The number of aliphatic hydroxyl groups is 1. The van der Waals surface area contributed by atoms with Crippen molar-refractivity contribution in [2.45, 2.75) is 70.9 Å². The van der Waals surface area contributed by atoms with Gasteiger partial charge in [0.1, 0.15) is 18.9 Å². The SMILES string of the molecule is CC(NC(=O)OCc1ccccc1)C(=O)N[C@@H](Cc1ccccc1)[C@@H](O)CCC(=O)NC(C=O)C(C)C. The van der Waals surface area contributed by atoms with Crippen LogP contribution >= 0.6 is 0 Å². The van der Waals surface area contributed by atoms with E-state index < -0.39 is 36.2 Å². The first kappa shape index (κ1) is 29.5. The Morgan fingerprint density at radius 1 is 0.892 bits per heavy atom. The Balaban J connectivity index is 1.95. The first-order chi connectivity index (χ1) is 17.7. The minimum atomic E-state index is -1.04. The van der Waals surface area contributed by atoms with E-state index in [2.05, 4.69) is 16.0 Å². The first-order valence-electron chi connectivity index (χ1n) is 12.4. The lowest BCUT2D eigenvalue weighted by atomic mass is 9.97. The van der Waals surface area contributed by atoms with Gasteiger partial charge in [0, 0.05) is 6.42 Å². The van der Waals surface area contributed by atoms with Crippen LogP contribution in [0.25, 0.3) is 0 Å². The molecule has 4 N–H and O–H groups in total. The van der Waals surface area contributed by atoms with Crippen LogP contribution in [0.2, 0.25) is 0 Å². The molecule has 4 atom stereocenters. The lowest BCUT2D eigenvalue weighted by Gasteiger charge is -2.26. The summed E-state index contributed by atoms with van der Waals surface area (Å²) in [7, 11) is 0. The van der Waals surface area contributed by atoms with Crippen LogP contribution in [0.4, 0.5) is 4.79 Å². The molecule has 9 heteroatoms. The number of carbonyl (C=O) groups is 4. The van der Waals surface area contributed by atoms with E-state index in [-0.39, 0.29) is 31.3 Å². The monoisotopic (exact) mass is 511 g/mol. The summed E-state index contributed by atoms with van der Waals surface area (Å²) in [5, 5.41) is 18.8. The van der Waals surface area contributed by atoms with Crippen LogP contribution in [-0.2, 0) is 32.1 Å². The van der Waals surface area contributed by atoms with Crippen molar-refractivity contribution in [3.05, 3.63) is 71.8 Å². The van der Waals surface area contributed by atoms with E-state index in [4.69, 9.17) is 4.74 Å². The third-order valence-electron chi connectivity index (χ3n) is 5.89. The zero-order valence-electron chi connectivity index (χ0n) is 21.6. The normalized spacial score (nSPS) is 14.1. The molecule has 2 unspecified atom stereocenters. The highest BCUT2D eigenvalue weighted by Gasteiger charge is 2.26. The molecule has 0 spiro atoms. The predicted molar refractivity (Wildman–Crippen MR) is 139 cm³/mol. The van der Waals surface area contributed by atoms with Crippen molar-refractivity contribution in [3.8, 4) is 0 Å². The van der Waals surface area contributed by atoms with Gasteiger partial charge in [-0.1, -0.05) is 74.5 Å². The largest absolute Gasteiger partial charge is 0.445 e. The Labute approximate surface area is 218 Å². The average molecular weight is 512 g/mol. The summed E-state index contributed by atoms with van der Waals surface area (Å²) in [6.45, 7) is 5.24. The summed E-state index contributed by atoms with van der Waals surface area (Å²) in [6.07, 6.45) is -0.702. The topological polar surface area (TPSA) is 134 Å². The maximum Gasteiger partial charge on any atom is 0.408 e. The van der Waals surface area contributed by atoms with Crippen molar-refractivity contribution in [1.29, 1.82) is 0 Å². The molecule has 0 heterocycles. The minimum Gasteiger partial charge on any atom is -0.445 e. The summed E-state index contributed by atoms with van der Waals surface area (Å²) in [6, 6.07) is 16.3. The van der Waals surface area contributed by atoms with Crippen molar-refractivity contribution in [2.75, 3.05) is 0 Å². The van der Waals surface area contributed by atoms with Gasteiger partial charge in [0.15, 0.2) is 0 Å². The molecule has 0 saturated heterocycles. The number of hydrogen-bond acceptors (Lipinski definition) is 6. The van der Waals surface area contributed by atoms with Crippen LogP contribution in [0.1, 0.15) is 44.7 Å². The number of carbonyl (C=O) groups excluding carboxylic acids is 4. The highest BCUT2D eigenvalue weighted by Crippen LogP contribution is 2.11. The molecule has 3 amide bonds. The molecule has 2 rings (SSSR count). The third-order valence-corrected chi connectivity index (χ3v) is 5.89. The zero-order valence-corrected chi connectivity index (χ0v) is 21.6. The van der Waals surface area contributed by atoms with E-state index in [1.807, 2.05) is 74.5 Å². The third kappa shape index (κ3) is 10.8. The maximum atomic E-state index is 12.8. The molecular weight excluding hydrogens is 474 g/mol. The molecule has 0 saturated carbocycles. The fraction of sp³-hybridized carbons (Fsp3) is 0.429. The van der Waals surface area contributed by atoms with Gasteiger partial charge in [-0.2, -0.15) is 0 Å². The van der Waals surface area contributed by atoms with E-state index in [0.29, 0.717) is 12.7 Å². The summed E-state index contributed by atoms with van der Waals surface area (Å²) in [4.78, 5) is 48.4. The van der Waals surface area contributed by atoms with Gasteiger partial charge in [-0.05, 0) is 36.8 Å². The minimum absolute atomic E-state index is 0.0149. The Hall–Kier alpha value is -3.72. The summed E-state index contributed by atoms with van der Waals surface area (Å²) in [5.74, 6) is -0.905. The van der Waals surface area contributed by atoms with Crippen molar-refractivity contribution in [2.24, 2.45) is 5.92 Å². The van der Waals surface area contributed by atoms with Crippen LogP contribution in [-0.4, -0.2) is 53.5 Å². The van der Waals surface area contributed by atoms with Crippen molar-refractivity contribution >= 4 is 24.2 Å². The number of benzene rings is 2. The van der Waals surface area contributed by atoms with Crippen LogP contribution < -0.4 is 16.0 Å². The highest BCUT2D eigenvalue weighted by atomic mass is 16.5. The number of ether oxygens (including phenoxy) is 1. The molecule has 0 aliphatic heterocycles. The fourth-order valence-electron chi connectivity index (χ4n) is 3.56. The van der Waals surface area contributed by atoms with E-state index >= 15 is 0 Å². The predicted octanol–water partition coefficient (Wildman–Crippen LogP) is 2.51. The second kappa shape index (κ2) is 15.4. The second-order valence-corrected chi connectivity index (χ2v) is 9.31. The summed E-state index contributed by atoms with van der Waals surface area (Å²) in [5.41, 5.74) is 1.71. The van der Waals surface area contributed by atoms with Gasteiger partial charge in [-0.3, -0.25) is 9.59 Å². The molecule has 2 aromatic rings. The van der Waals surface area contributed by atoms with Gasteiger partial charge in [0.05, 0.1) is 18.2 Å². The number of amides is 3. The van der Waals surface area contributed by atoms with Crippen molar-refractivity contribution in [3.63, 3.8) is 0 Å². The van der Waals surface area contributed by atoms with Crippen molar-refractivity contribution < 1.29 is 29.0 Å². The van der Waals surface area contributed by atoms with Crippen LogP contribution in [0.5, 0.6) is 0 Å². The van der Waals surface area contributed by atoms with E-state index in [1.165, 1.54) is 6.92 Å². The lowest BCUT2D eigenvalue weighted by molar-refractivity contribution is -0.125. The van der Waals surface area contributed by atoms with E-state index in [1.54, 1.807) is 0 Å². The summed E-state index contributed by atoms with van der Waals surface area (Å²) < 4.78 is 5.17. The molecule has 0 aromatic heterocycles. The van der Waals surface area contributed by atoms with Crippen LogP contribution in [0.15, 0.2) is 60.7 Å². The second-order valence-electron chi connectivity index (χ2n) is 9.31. The molecule has 9 nitrogen and oxygen atoms in total. The molecule has 200 valence electrons. The van der Waals surface area contributed by atoms with Crippen LogP contribution in [0.3, 0.4) is 0 Å². The molecule has 0 aliphatic rings.